The SMILES string of the molecule is COc1ccc([C@H]2CC(=O)NN2c2ccc(F)cc2)cc1. The Hall–Kier alpha value is -2.56. The van der Waals surface area contributed by atoms with E-state index in [-0.39, 0.29) is 17.8 Å². The maximum atomic E-state index is 13.0. The molecule has 2 aromatic carbocycles. The molecule has 1 aliphatic heterocycles. The molecule has 1 fully saturated rings. The zero-order valence-corrected chi connectivity index (χ0v) is 11.5. The molecule has 0 aromatic heterocycles. The first-order chi connectivity index (χ1) is 10.2. The summed E-state index contributed by atoms with van der Waals surface area (Å²) in [6, 6.07) is 13.5. The maximum absolute atomic E-state index is 13.0. The summed E-state index contributed by atoms with van der Waals surface area (Å²) in [5.41, 5.74) is 4.56. The molecule has 0 spiro atoms. The third-order valence-corrected chi connectivity index (χ3v) is 3.54. The molecule has 1 saturated heterocycles. The lowest BCUT2D eigenvalue weighted by atomic mass is 10.0. The fourth-order valence-corrected chi connectivity index (χ4v) is 2.46. The van der Waals surface area contributed by atoms with Gasteiger partial charge in [0.25, 0.3) is 0 Å². The lowest BCUT2D eigenvalue weighted by Crippen LogP contribution is -2.34. The van der Waals surface area contributed by atoms with E-state index >= 15 is 0 Å². The molecule has 21 heavy (non-hydrogen) atoms. The molecule has 4 nitrogen and oxygen atoms in total. The standard InChI is InChI=1S/C16H15FN2O2/c1-21-14-8-2-11(3-9-14)15-10-16(20)18-19(15)13-6-4-12(17)5-7-13/h2-9,15H,10H2,1H3,(H,18,20)/t15-/m1/s1. The molecular formula is C16H15FN2O2. The first kappa shape index (κ1) is 13.4. The van der Waals surface area contributed by atoms with Crippen molar-refractivity contribution >= 4 is 11.6 Å². The minimum absolute atomic E-state index is 0.0554. The molecule has 0 unspecified atom stereocenters. The highest BCUT2D eigenvalue weighted by Crippen LogP contribution is 2.32. The molecule has 1 atom stereocenters. The van der Waals surface area contributed by atoms with Crippen LogP contribution < -0.4 is 15.2 Å². The number of hydrogen-bond acceptors (Lipinski definition) is 3. The van der Waals surface area contributed by atoms with E-state index in [2.05, 4.69) is 5.43 Å². The van der Waals surface area contributed by atoms with Gasteiger partial charge in [-0.1, -0.05) is 12.1 Å². The Morgan fingerprint density at radius 2 is 1.81 bits per heavy atom. The smallest absolute Gasteiger partial charge is 0.241 e. The van der Waals surface area contributed by atoms with Gasteiger partial charge in [-0.15, -0.1) is 0 Å². The van der Waals surface area contributed by atoms with Gasteiger partial charge >= 0.3 is 0 Å². The highest BCUT2D eigenvalue weighted by Gasteiger charge is 2.31. The zero-order valence-electron chi connectivity index (χ0n) is 11.5. The van der Waals surface area contributed by atoms with Crippen LogP contribution in [0.3, 0.4) is 0 Å². The van der Waals surface area contributed by atoms with E-state index < -0.39 is 0 Å². The summed E-state index contributed by atoms with van der Waals surface area (Å²) in [6.45, 7) is 0. The Bertz CT molecular complexity index is 640. The van der Waals surface area contributed by atoms with Crippen LogP contribution in [-0.2, 0) is 4.79 Å². The second-order valence-corrected chi connectivity index (χ2v) is 4.87. The summed E-state index contributed by atoms with van der Waals surface area (Å²) in [5.74, 6) is 0.412. The topological polar surface area (TPSA) is 41.6 Å². The van der Waals surface area contributed by atoms with Gasteiger partial charge in [0, 0.05) is 0 Å². The number of hydrazine groups is 1. The van der Waals surface area contributed by atoms with Gasteiger partial charge in [-0.25, -0.2) is 4.39 Å². The Labute approximate surface area is 122 Å². The van der Waals surface area contributed by atoms with Gasteiger partial charge in [0.2, 0.25) is 5.91 Å². The minimum atomic E-state index is -0.301. The second-order valence-electron chi connectivity index (χ2n) is 4.87. The number of methoxy groups -OCH3 is 1. The van der Waals surface area contributed by atoms with Crippen molar-refractivity contribution in [2.45, 2.75) is 12.5 Å². The highest BCUT2D eigenvalue weighted by atomic mass is 19.1. The number of ether oxygens (including phenoxy) is 1. The van der Waals surface area contributed by atoms with Crippen LogP contribution in [0.2, 0.25) is 0 Å². The van der Waals surface area contributed by atoms with Gasteiger partial charge < -0.3 is 4.74 Å². The Morgan fingerprint density at radius 1 is 1.14 bits per heavy atom. The van der Waals surface area contributed by atoms with E-state index in [0.717, 1.165) is 17.0 Å². The number of carbonyl (C=O) groups is 1. The van der Waals surface area contributed by atoms with Gasteiger partial charge in [-0.3, -0.25) is 15.2 Å². The van der Waals surface area contributed by atoms with Crippen LogP contribution in [0.1, 0.15) is 18.0 Å². The summed E-state index contributed by atoms with van der Waals surface area (Å²) in [5, 5.41) is 1.77. The minimum Gasteiger partial charge on any atom is -0.497 e. The summed E-state index contributed by atoms with van der Waals surface area (Å²) in [4.78, 5) is 11.7. The fourth-order valence-electron chi connectivity index (χ4n) is 2.46. The zero-order chi connectivity index (χ0) is 14.8. The number of nitrogens with zero attached hydrogens (tertiary/aromatic N) is 1. The molecular weight excluding hydrogens is 271 g/mol. The van der Waals surface area contributed by atoms with Crippen molar-refractivity contribution in [3.05, 3.63) is 59.9 Å². The van der Waals surface area contributed by atoms with E-state index in [0.29, 0.717) is 6.42 Å². The van der Waals surface area contributed by atoms with Crippen molar-refractivity contribution in [1.82, 2.24) is 5.43 Å². The third kappa shape index (κ3) is 2.67. The van der Waals surface area contributed by atoms with Crippen molar-refractivity contribution in [2.24, 2.45) is 0 Å². The molecule has 2 aromatic rings. The van der Waals surface area contributed by atoms with Crippen LogP contribution in [0.15, 0.2) is 48.5 Å². The highest BCUT2D eigenvalue weighted by molar-refractivity contribution is 5.83. The van der Waals surface area contributed by atoms with Crippen LogP contribution in [0.25, 0.3) is 0 Å². The number of hydrogen-bond donors (Lipinski definition) is 1. The molecule has 0 bridgehead atoms. The summed E-state index contributed by atoms with van der Waals surface area (Å²) in [6.07, 6.45) is 0.365. The Kier molecular flexibility index (Phi) is 3.48. The van der Waals surface area contributed by atoms with Crippen LogP contribution in [0.5, 0.6) is 5.75 Å². The van der Waals surface area contributed by atoms with Crippen molar-refractivity contribution in [3.63, 3.8) is 0 Å². The maximum Gasteiger partial charge on any atom is 0.241 e. The van der Waals surface area contributed by atoms with E-state index in [1.807, 2.05) is 24.3 Å². The van der Waals surface area contributed by atoms with E-state index in [1.54, 1.807) is 24.3 Å². The normalized spacial score (nSPS) is 17.7. The Balaban J connectivity index is 1.91. The van der Waals surface area contributed by atoms with E-state index in [9.17, 15) is 9.18 Å². The summed E-state index contributed by atoms with van der Waals surface area (Å²) in [7, 11) is 1.61. The van der Waals surface area contributed by atoms with Gasteiger partial charge in [0.1, 0.15) is 11.6 Å². The van der Waals surface area contributed by atoms with Crippen molar-refractivity contribution in [1.29, 1.82) is 0 Å². The molecule has 1 heterocycles. The van der Waals surface area contributed by atoms with Gasteiger partial charge in [-0.2, -0.15) is 0 Å². The molecule has 3 rings (SSSR count). The number of halogens is 1. The number of rotatable bonds is 3. The number of amides is 1. The van der Waals surface area contributed by atoms with E-state index in [1.165, 1.54) is 12.1 Å². The molecule has 0 saturated carbocycles. The summed E-state index contributed by atoms with van der Waals surface area (Å²) < 4.78 is 18.2. The van der Waals surface area contributed by atoms with E-state index in [4.69, 9.17) is 4.74 Å². The predicted molar refractivity (Wildman–Crippen MR) is 77.4 cm³/mol. The first-order valence-electron chi connectivity index (χ1n) is 6.65. The van der Waals surface area contributed by atoms with Crippen LogP contribution >= 0.6 is 0 Å². The number of benzene rings is 2. The van der Waals surface area contributed by atoms with Gasteiger partial charge in [0.05, 0.1) is 25.3 Å². The average molecular weight is 286 g/mol. The van der Waals surface area contributed by atoms with Gasteiger partial charge in [0.15, 0.2) is 0 Å². The molecule has 1 amide bonds. The Morgan fingerprint density at radius 3 is 2.43 bits per heavy atom. The number of anilines is 1. The second kappa shape index (κ2) is 5.44. The number of carbonyl (C=O) groups excluding carboxylic acids is 1. The molecule has 0 aliphatic carbocycles. The lowest BCUT2D eigenvalue weighted by molar-refractivity contribution is -0.119. The molecule has 1 N–H and O–H groups in total. The molecule has 1 aliphatic rings. The molecule has 5 heteroatoms. The van der Waals surface area contributed by atoms with Crippen LogP contribution in [0.4, 0.5) is 10.1 Å². The van der Waals surface area contributed by atoms with Crippen LogP contribution in [-0.4, -0.2) is 13.0 Å². The molecule has 0 radical (unpaired) electrons. The van der Waals surface area contributed by atoms with Crippen molar-refractivity contribution < 1.29 is 13.9 Å². The van der Waals surface area contributed by atoms with Gasteiger partial charge in [-0.05, 0) is 42.0 Å². The first-order valence-corrected chi connectivity index (χ1v) is 6.65. The fraction of sp³-hybridized carbons (Fsp3) is 0.188. The number of nitrogens with one attached hydrogen (secondary N) is 1. The summed E-state index contributed by atoms with van der Waals surface area (Å²) >= 11 is 0. The molecule has 108 valence electrons. The third-order valence-electron chi connectivity index (χ3n) is 3.54. The quantitative estimate of drug-likeness (QED) is 0.943. The predicted octanol–water partition coefficient (Wildman–Crippen LogP) is 2.82. The average Bonchev–Trinajstić information content (AvgIpc) is 2.90. The largest absolute Gasteiger partial charge is 0.497 e. The van der Waals surface area contributed by atoms with Crippen LogP contribution in [0, 0.1) is 5.82 Å². The lowest BCUT2D eigenvalue weighted by Gasteiger charge is -2.25. The van der Waals surface area contributed by atoms with Crippen molar-refractivity contribution in [3.8, 4) is 5.75 Å². The van der Waals surface area contributed by atoms with Crippen molar-refractivity contribution in [2.75, 3.05) is 12.1 Å². The monoisotopic (exact) mass is 286 g/mol.